The average molecular weight is 424 g/mol. The minimum absolute atomic E-state index is 0.123. The fourth-order valence-electron chi connectivity index (χ4n) is 3.96. The number of nitrogens with one attached hydrogen (secondary N) is 3. The molecule has 30 heavy (non-hydrogen) atoms. The van der Waals surface area contributed by atoms with Crippen LogP contribution in [0.3, 0.4) is 0 Å². The highest BCUT2D eigenvalue weighted by molar-refractivity contribution is 7.88. The monoisotopic (exact) mass is 423 g/mol. The Morgan fingerprint density at radius 1 is 1.10 bits per heavy atom. The van der Waals surface area contributed by atoms with Gasteiger partial charge in [-0.2, -0.15) is 0 Å². The summed E-state index contributed by atoms with van der Waals surface area (Å²) in [6.45, 7) is 3.70. The van der Waals surface area contributed by atoms with E-state index in [9.17, 15) is 13.2 Å². The van der Waals surface area contributed by atoms with Crippen LogP contribution in [0.5, 0.6) is 0 Å². The van der Waals surface area contributed by atoms with Gasteiger partial charge in [-0.3, -0.25) is 4.79 Å². The van der Waals surface area contributed by atoms with Crippen molar-refractivity contribution in [3.05, 3.63) is 77.5 Å². The van der Waals surface area contributed by atoms with Gasteiger partial charge in [-0.1, -0.05) is 30.3 Å². The lowest BCUT2D eigenvalue weighted by Crippen LogP contribution is -2.25. The van der Waals surface area contributed by atoms with Crippen molar-refractivity contribution in [2.24, 2.45) is 0 Å². The SMILES string of the molecule is C=CCNS(=O)(=O)Cc1ccc(NC(=O)c2cccc3c4c([nH]c23)CCCC4)cc1. The molecule has 3 aromatic rings. The van der Waals surface area contributed by atoms with Crippen LogP contribution in [0, 0.1) is 0 Å². The van der Waals surface area contributed by atoms with Crippen LogP contribution in [0.2, 0.25) is 0 Å². The Balaban J connectivity index is 1.50. The third-order valence-corrected chi connectivity index (χ3v) is 6.71. The van der Waals surface area contributed by atoms with Gasteiger partial charge in [-0.15, -0.1) is 6.58 Å². The molecule has 0 saturated heterocycles. The van der Waals surface area contributed by atoms with E-state index in [1.807, 2.05) is 12.1 Å². The zero-order chi connectivity index (χ0) is 21.1. The fraction of sp³-hybridized carbons (Fsp3) is 0.261. The zero-order valence-corrected chi connectivity index (χ0v) is 17.5. The number of aromatic nitrogens is 1. The molecule has 1 heterocycles. The number of hydrogen-bond donors (Lipinski definition) is 3. The smallest absolute Gasteiger partial charge is 0.257 e. The first-order valence-electron chi connectivity index (χ1n) is 10.1. The predicted molar refractivity (Wildman–Crippen MR) is 120 cm³/mol. The summed E-state index contributed by atoms with van der Waals surface area (Å²) in [5.41, 5.74) is 5.34. The van der Waals surface area contributed by atoms with Gasteiger partial charge in [0.25, 0.3) is 5.91 Å². The van der Waals surface area contributed by atoms with Crippen molar-refractivity contribution in [1.29, 1.82) is 0 Å². The van der Waals surface area contributed by atoms with E-state index in [1.54, 1.807) is 24.3 Å². The highest BCUT2D eigenvalue weighted by Gasteiger charge is 2.19. The van der Waals surface area contributed by atoms with E-state index in [0.29, 0.717) is 16.8 Å². The van der Waals surface area contributed by atoms with E-state index in [0.717, 1.165) is 23.7 Å². The number of benzene rings is 2. The molecule has 2 aromatic carbocycles. The molecule has 1 amide bonds. The largest absolute Gasteiger partial charge is 0.358 e. The van der Waals surface area contributed by atoms with E-state index >= 15 is 0 Å². The summed E-state index contributed by atoms with van der Waals surface area (Å²) < 4.78 is 26.4. The van der Waals surface area contributed by atoms with Crippen LogP contribution >= 0.6 is 0 Å². The summed E-state index contributed by atoms with van der Waals surface area (Å²) in [5, 5.41) is 4.05. The van der Waals surface area contributed by atoms with E-state index in [-0.39, 0.29) is 18.2 Å². The molecule has 3 N–H and O–H groups in total. The maximum Gasteiger partial charge on any atom is 0.257 e. The van der Waals surface area contributed by atoms with Crippen LogP contribution < -0.4 is 10.0 Å². The molecule has 0 fully saturated rings. The summed E-state index contributed by atoms with van der Waals surface area (Å²) in [7, 11) is -3.41. The molecular weight excluding hydrogens is 398 g/mol. The molecule has 0 atom stereocenters. The van der Waals surface area contributed by atoms with Gasteiger partial charge in [0, 0.05) is 23.3 Å². The van der Waals surface area contributed by atoms with Gasteiger partial charge >= 0.3 is 0 Å². The summed E-state index contributed by atoms with van der Waals surface area (Å²) >= 11 is 0. The molecular formula is C23H25N3O3S. The second-order valence-corrected chi connectivity index (χ2v) is 9.37. The first kappa shape index (κ1) is 20.4. The van der Waals surface area contributed by atoms with Gasteiger partial charge in [0.15, 0.2) is 0 Å². The predicted octanol–water partition coefficient (Wildman–Crippen LogP) is 3.90. The quantitative estimate of drug-likeness (QED) is 0.503. The van der Waals surface area contributed by atoms with Gasteiger partial charge in [0.05, 0.1) is 16.8 Å². The molecule has 4 rings (SSSR count). The van der Waals surface area contributed by atoms with Gasteiger partial charge in [0.2, 0.25) is 10.0 Å². The molecule has 0 unspecified atom stereocenters. The van der Waals surface area contributed by atoms with Crippen LogP contribution in [-0.2, 0) is 28.6 Å². The summed E-state index contributed by atoms with van der Waals surface area (Å²) in [6, 6.07) is 12.7. The third kappa shape index (κ3) is 4.32. The third-order valence-electron chi connectivity index (χ3n) is 5.39. The van der Waals surface area contributed by atoms with Crippen molar-refractivity contribution in [3.63, 3.8) is 0 Å². The number of aryl methyl sites for hydroxylation is 2. The lowest BCUT2D eigenvalue weighted by atomic mass is 9.95. The summed E-state index contributed by atoms with van der Waals surface area (Å²) in [6.07, 6.45) is 5.93. The van der Waals surface area contributed by atoms with Gasteiger partial charge in [0.1, 0.15) is 0 Å². The van der Waals surface area contributed by atoms with Crippen LogP contribution in [0.15, 0.2) is 55.1 Å². The Morgan fingerprint density at radius 3 is 2.63 bits per heavy atom. The lowest BCUT2D eigenvalue weighted by Gasteiger charge is -2.10. The Hall–Kier alpha value is -2.90. The molecule has 0 aliphatic heterocycles. The van der Waals surface area contributed by atoms with E-state index in [4.69, 9.17) is 0 Å². The van der Waals surface area contributed by atoms with Crippen molar-refractivity contribution in [2.75, 3.05) is 11.9 Å². The maximum absolute atomic E-state index is 12.9. The molecule has 1 aliphatic carbocycles. The molecule has 0 saturated carbocycles. The summed E-state index contributed by atoms with van der Waals surface area (Å²) in [4.78, 5) is 16.4. The number of sulfonamides is 1. The lowest BCUT2D eigenvalue weighted by molar-refractivity contribution is 0.102. The summed E-state index contributed by atoms with van der Waals surface area (Å²) in [5.74, 6) is -0.310. The minimum Gasteiger partial charge on any atom is -0.358 e. The van der Waals surface area contributed by atoms with Crippen molar-refractivity contribution in [1.82, 2.24) is 9.71 Å². The topological polar surface area (TPSA) is 91.1 Å². The zero-order valence-electron chi connectivity index (χ0n) is 16.7. The molecule has 7 heteroatoms. The normalized spacial score (nSPS) is 13.7. The van der Waals surface area contributed by atoms with Crippen LogP contribution in [0.1, 0.15) is 40.0 Å². The maximum atomic E-state index is 12.9. The van der Waals surface area contributed by atoms with E-state index < -0.39 is 10.0 Å². The number of carbonyl (C=O) groups excluding carboxylic acids is 1. The Bertz CT molecular complexity index is 1190. The standard InChI is InChI=1S/C23H25N3O3S/c1-2-14-24-30(28,29)15-16-10-12-17(13-11-16)25-23(27)20-8-5-7-19-18-6-3-4-9-21(18)26-22(19)20/h2,5,7-8,10-13,24,26H,1,3-4,6,9,14-15H2,(H,25,27). The number of rotatable bonds is 7. The number of carbonyl (C=O) groups is 1. The van der Waals surface area contributed by atoms with E-state index in [2.05, 4.69) is 27.7 Å². The van der Waals surface area contributed by atoms with Crippen molar-refractivity contribution < 1.29 is 13.2 Å². The number of H-pyrrole nitrogens is 1. The molecule has 0 spiro atoms. The molecule has 156 valence electrons. The highest BCUT2D eigenvalue weighted by atomic mass is 32.2. The Morgan fingerprint density at radius 2 is 1.87 bits per heavy atom. The average Bonchev–Trinajstić information content (AvgIpc) is 3.12. The fourth-order valence-corrected chi connectivity index (χ4v) is 5.06. The molecule has 6 nitrogen and oxygen atoms in total. The number of hydrogen-bond acceptors (Lipinski definition) is 3. The van der Waals surface area contributed by atoms with Crippen molar-refractivity contribution in [3.8, 4) is 0 Å². The number of para-hydroxylation sites is 1. The van der Waals surface area contributed by atoms with Crippen LogP contribution in [0.25, 0.3) is 10.9 Å². The number of fused-ring (bicyclic) bond motifs is 3. The highest BCUT2D eigenvalue weighted by Crippen LogP contribution is 2.31. The number of aromatic amines is 1. The van der Waals surface area contributed by atoms with Crippen molar-refractivity contribution in [2.45, 2.75) is 31.4 Å². The molecule has 0 bridgehead atoms. The number of amides is 1. The Labute approximate surface area is 176 Å². The van der Waals surface area contributed by atoms with Gasteiger partial charge < -0.3 is 10.3 Å². The Kier molecular flexibility index (Phi) is 5.74. The molecule has 1 aromatic heterocycles. The van der Waals surface area contributed by atoms with Crippen LogP contribution in [-0.4, -0.2) is 25.9 Å². The van der Waals surface area contributed by atoms with Crippen molar-refractivity contribution >= 4 is 32.5 Å². The molecule has 0 radical (unpaired) electrons. The van der Waals surface area contributed by atoms with Gasteiger partial charge in [-0.05, 0) is 55.0 Å². The second kappa shape index (κ2) is 8.45. The van der Waals surface area contributed by atoms with E-state index in [1.165, 1.54) is 30.2 Å². The van der Waals surface area contributed by atoms with Gasteiger partial charge in [-0.25, -0.2) is 13.1 Å². The first-order chi connectivity index (χ1) is 14.5. The second-order valence-electron chi connectivity index (χ2n) is 7.56. The first-order valence-corrected chi connectivity index (χ1v) is 11.7. The van der Waals surface area contributed by atoms with Crippen LogP contribution in [0.4, 0.5) is 5.69 Å². The minimum atomic E-state index is -3.41. The molecule has 1 aliphatic rings. The number of anilines is 1.